The van der Waals surface area contributed by atoms with E-state index in [-0.39, 0.29) is 24.6 Å². The van der Waals surface area contributed by atoms with Crippen molar-refractivity contribution < 1.29 is 27.5 Å². The summed E-state index contributed by atoms with van der Waals surface area (Å²) in [5.74, 6) is -1.33. The number of amides is 2. The summed E-state index contributed by atoms with van der Waals surface area (Å²) in [5, 5.41) is 0. The number of carbonyl (C=O) groups is 2. The van der Waals surface area contributed by atoms with E-state index in [0.29, 0.717) is 6.07 Å². The second kappa shape index (κ2) is 4.54. The number of nitrogens with zero attached hydrogens (tertiary/aromatic N) is 1. The standard InChI is InChI=1S/C11H9F3N2O3/c12-11(13,14)6-1-2-8(7(15)3-6)16-9(17)4-19-5-10(16)18/h1-3H,4-5,15H2. The third-order valence-corrected chi connectivity index (χ3v) is 2.55. The van der Waals surface area contributed by atoms with Crippen LogP contribution in [0.1, 0.15) is 5.56 Å². The average molecular weight is 274 g/mol. The summed E-state index contributed by atoms with van der Waals surface area (Å²) in [7, 11) is 0. The van der Waals surface area contributed by atoms with Crippen LogP contribution in [-0.2, 0) is 20.5 Å². The first-order chi connectivity index (χ1) is 8.80. The summed E-state index contributed by atoms with van der Waals surface area (Å²) in [6.45, 7) is -0.627. The molecule has 0 saturated carbocycles. The summed E-state index contributed by atoms with van der Waals surface area (Å²) in [6.07, 6.45) is -4.54. The molecule has 0 aliphatic carbocycles. The van der Waals surface area contributed by atoms with Gasteiger partial charge < -0.3 is 10.5 Å². The van der Waals surface area contributed by atoms with E-state index in [4.69, 9.17) is 10.5 Å². The zero-order valence-electron chi connectivity index (χ0n) is 9.53. The zero-order chi connectivity index (χ0) is 14.2. The Morgan fingerprint density at radius 3 is 2.21 bits per heavy atom. The molecule has 1 fully saturated rings. The number of anilines is 2. The molecular weight excluding hydrogens is 265 g/mol. The zero-order valence-corrected chi connectivity index (χ0v) is 9.53. The minimum atomic E-state index is -4.54. The molecular formula is C11H9F3N2O3. The van der Waals surface area contributed by atoms with Crippen LogP contribution in [0.2, 0.25) is 0 Å². The van der Waals surface area contributed by atoms with Crippen LogP contribution in [0.5, 0.6) is 0 Å². The second-order valence-electron chi connectivity index (χ2n) is 3.89. The molecule has 0 unspecified atom stereocenters. The number of nitrogen functional groups attached to an aromatic ring is 1. The van der Waals surface area contributed by atoms with Crippen LogP contribution in [0.3, 0.4) is 0 Å². The van der Waals surface area contributed by atoms with Crippen molar-refractivity contribution >= 4 is 23.2 Å². The number of hydrogen-bond acceptors (Lipinski definition) is 4. The summed E-state index contributed by atoms with van der Waals surface area (Å²) in [6, 6.07) is 2.45. The van der Waals surface area contributed by atoms with Crippen molar-refractivity contribution in [2.24, 2.45) is 0 Å². The van der Waals surface area contributed by atoms with Gasteiger partial charge in [0.1, 0.15) is 13.2 Å². The molecule has 5 nitrogen and oxygen atoms in total. The molecule has 2 N–H and O–H groups in total. The molecule has 0 atom stereocenters. The number of carbonyl (C=O) groups excluding carboxylic acids is 2. The molecule has 1 aliphatic heterocycles. The normalized spacial score (nSPS) is 16.9. The summed E-state index contributed by atoms with van der Waals surface area (Å²) < 4.78 is 42.1. The molecule has 2 amide bonds. The Morgan fingerprint density at radius 2 is 1.74 bits per heavy atom. The Kier molecular flexibility index (Phi) is 3.19. The van der Waals surface area contributed by atoms with Gasteiger partial charge >= 0.3 is 6.18 Å². The maximum Gasteiger partial charge on any atom is 0.416 e. The lowest BCUT2D eigenvalue weighted by atomic mass is 10.1. The molecule has 1 saturated heterocycles. The van der Waals surface area contributed by atoms with Gasteiger partial charge in [0.15, 0.2) is 0 Å². The second-order valence-corrected chi connectivity index (χ2v) is 3.89. The first-order valence-electron chi connectivity index (χ1n) is 5.21. The Balaban J connectivity index is 2.41. The van der Waals surface area contributed by atoms with Crippen LogP contribution in [0.4, 0.5) is 24.5 Å². The highest BCUT2D eigenvalue weighted by atomic mass is 19.4. The third kappa shape index (κ3) is 2.53. The van der Waals surface area contributed by atoms with Crippen LogP contribution in [0.25, 0.3) is 0 Å². The number of morpholine rings is 1. The van der Waals surface area contributed by atoms with Gasteiger partial charge in [-0.15, -0.1) is 0 Å². The van der Waals surface area contributed by atoms with E-state index in [9.17, 15) is 22.8 Å². The minimum absolute atomic E-state index is 0.0636. The quantitative estimate of drug-likeness (QED) is 0.616. The lowest BCUT2D eigenvalue weighted by Gasteiger charge is -2.26. The number of imide groups is 1. The van der Waals surface area contributed by atoms with Gasteiger partial charge in [-0.05, 0) is 18.2 Å². The van der Waals surface area contributed by atoms with Gasteiger partial charge in [-0.1, -0.05) is 0 Å². The molecule has 0 spiro atoms. The topological polar surface area (TPSA) is 72.6 Å². The first-order valence-corrected chi connectivity index (χ1v) is 5.21. The van der Waals surface area contributed by atoms with Gasteiger partial charge in [0.2, 0.25) is 0 Å². The predicted octanol–water partition coefficient (Wildman–Crippen LogP) is 1.18. The molecule has 102 valence electrons. The third-order valence-electron chi connectivity index (χ3n) is 2.55. The minimum Gasteiger partial charge on any atom is -0.397 e. The molecule has 0 aromatic heterocycles. The molecule has 19 heavy (non-hydrogen) atoms. The van der Waals surface area contributed by atoms with Crippen molar-refractivity contribution in [1.29, 1.82) is 0 Å². The summed E-state index contributed by atoms with van der Waals surface area (Å²) in [4.78, 5) is 23.8. The number of hydrogen-bond donors (Lipinski definition) is 1. The number of nitrogens with two attached hydrogens (primary N) is 1. The van der Waals surface area contributed by atoms with Gasteiger partial charge in [0.05, 0.1) is 16.9 Å². The average Bonchev–Trinajstić information content (AvgIpc) is 2.29. The van der Waals surface area contributed by atoms with Gasteiger partial charge in [0, 0.05) is 0 Å². The number of benzene rings is 1. The van der Waals surface area contributed by atoms with Crippen molar-refractivity contribution in [2.45, 2.75) is 6.18 Å². The summed E-state index contributed by atoms with van der Waals surface area (Å²) >= 11 is 0. The van der Waals surface area contributed by atoms with Crippen LogP contribution < -0.4 is 10.6 Å². The molecule has 1 aliphatic rings. The van der Waals surface area contributed by atoms with Gasteiger partial charge in [-0.3, -0.25) is 9.59 Å². The van der Waals surface area contributed by atoms with E-state index in [1.807, 2.05) is 0 Å². The van der Waals surface area contributed by atoms with Crippen molar-refractivity contribution in [2.75, 3.05) is 23.8 Å². The monoisotopic (exact) mass is 274 g/mol. The highest BCUT2D eigenvalue weighted by molar-refractivity contribution is 6.18. The lowest BCUT2D eigenvalue weighted by Crippen LogP contribution is -2.46. The lowest BCUT2D eigenvalue weighted by molar-refractivity contribution is -0.138. The SMILES string of the molecule is Nc1cc(C(F)(F)F)ccc1N1C(=O)COCC1=O. The fraction of sp³-hybridized carbons (Fsp3) is 0.273. The maximum absolute atomic E-state index is 12.5. The van der Waals surface area contributed by atoms with Gasteiger partial charge in [0.25, 0.3) is 11.8 Å². The molecule has 1 aromatic rings. The van der Waals surface area contributed by atoms with Crippen molar-refractivity contribution in [1.82, 2.24) is 0 Å². The Labute approximate surface area is 105 Å². The van der Waals surface area contributed by atoms with E-state index in [0.717, 1.165) is 17.0 Å². The molecule has 2 rings (SSSR count). The molecule has 8 heteroatoms. The maximum atomic E-state index is 12.5. The molecule has 0 radical (unpaired) electrons. The smallest absolute Gasteiger partial charge is 0.397 e. The number of rotatable bonds is 1. The molecule has 1 heterocycles. The fourth-order valence-electron chi connectivity index (χ4n) is 1.70. The van der Waals surface area contributed by atoms with Crippen molar-refractivity contribution in [3.8, 4) is 0 Å². The molecule has 0 bridgehead atoms. The predicted molar refractivity (Wildman–Crippen MR) is 59.2 cm³/mol. The number of alkyl halides is 3. The largest absolute Gasteiger partial charge is 0.416 e. The van der Waals surface area contributed by atoms with Crippen molar-refractivity contribution in [3.05, 3.63) is 23.8 Å². The van der Waals surface area contributed by atoms with Crippen molar-refractivity contribution in [3.63, 3.8) is 0 Å². The van der Waals surface area contributed by atoms with E-state index in [1.165, 1.54) is 0 Å². The number of ether oxygens (including phenoxy) is 1. The van der Waals surface area contributed by atoms with E-state index in [1.54, 1.807) is 0 Å². The van der Waals surface area contributed by atoms with Crippen LogP contribution in [0.15, 0.2) is 18.2 Å². The van der Waals surface area contributed by atoms with Crippen LogP contribution in [0, 0.1) is 0 Å². The van der Waals surface area contributed by atoms with Gasteiger partial charge in [-0.2, -0.15) is 13.2 Å². The Bertz CT molecular complexity index is 526. The van der Waals surface area contributed by atoms with E-state index in [2.05, 4.69) is 0 Å². The molecule has 1 aromatic carbocycles. The Hall–Kier alpha value is -2.09. The van der Waals surface area contributed by atoms with E-state index < -0.39 is 23.6 Å². The fourth-order valence-corrected chi connectivity index (χ4v) is 1.70. The van der Waals surface area contributed by atoms with Gasteiger partial charge in [-0.25, -0.2) is 4.90 Å². The van der Waals surface area contributed by atoms with E-state index >= 15 is 0 Å². The van der Waals surface area contributed by atoms with Crippen LogP contribution in [-0.4, -0.2) is 25.0 Å². The highest BCUT2D eigenvalue weighted by Gasteiger charge is 2.33. The summed E-state index contributed by atoms with van der Waals surface area (Å²) in [5.41, 5.74) is 4.19. The Morgan fingerprint density at radius 1 is 1.16 bits per heavy atom. The van der Waals surface area contributed by atoms with Crippen LogP contribution >= 0.6 is 0 Å². The highest BCUT2D eigenvalue weighted by Crippen LogP contribution is 2.34. The number of halogens is 3. The first kappa shape index (κ1) is 13.3.